The van der Waals surface area contributed by atoms with Gasteiger partial charge in [-0.3, -0.25) is 19.5 Å². The van der Waals surface area contributed by atoms with E-state index in [1.807, 2.05) is 19.1 Å². The van der Waals surface area contributed by atoms with Crippen molar-refractivity contribution < 1.29 is 18.3 Å². The third kappa shape index (κ3) is 5.48. The summed E-state index contributed by atoms with van der Waals surface area (Å²) in [6.07, 6.45) is 1.10. The third-order valence-corrected chi connectivity index (χ3v) is 7.53. The van der Waals surface area contributed by atoms with Gasteiger partial charge in [0.15, 0.2) is 0 Å². The number of H-pyrrole nitrogens is 1. The molecule has 0 unspecified atom stereocenters. The third-order valence-electron chi connectivity index (χ3n) is 6.16. The van der Waals surface area contributed by atoms with Crippen molar-refractivity contribution in [3.8, 4) is 17.3 Å². The maximum Gasteiger partial charge on any atom is 0.335 e. The van der Waals surface area contributed by atoms with Crippen LogP contribution in [0.3, 0.4) is 0 Å². The van der Waals surface area contributed by atoms with Crippen LogP contribution in [0.4, 0.5) is 11.4 Å². The molecular formula is C28H28N4O6S. The van der Waals surface area contributed by atoms with Crippen LogP contribution in [0.15, 0.2) is 74.1 Å². The molecule has 0 spiro atoms. The number of aryl methyl sites for hydroxylation is 4. The molecule has 0 amide bonds. The van der Waals surface area contributed by atoms with Crippen molar-refractivity contribution in [2.24, 2.45) is 4.99 Å². The second-order valence-electron chi connectivity index (χ2n) is 9.09. The molecule has 0 bridgehead atoms. The van der Waals surface area contributed by atoms with Gasteiger partial charge in [-0.2, -0.15) is 0 Å². The summed E-state index contributed by atoms with van der Waals surface area (Å²) in [5.74, 6) is -0.462. The van der Waals surface area contributed by atoms with Gasteiger partial charge < -0.3 is 9.84 Å². The fourth-order valence-electron chi connectivity index (χ4n) is 4.34. The lowest BCUT2D eigenvalue weighted by molar-refractivity contribution is 0.415. The lowest BCUT2D eigenvalue weighted by atomic mass is 10.0. The molecule has 10 nitrogen and oxygen atoms in total. The van der Waals surface area contributed by atoms with E-state index < -0.39 is 27.2 Å². The Morgan fingerprint density at radius 3 is 2.28 bits per heavy atom. The number of nitrogens with one attached hydrogen (secondary N) is 2. The van der Waals surface area contributed by atoms with Crippen LogP contribution in [0.25, 0.3) is 5.69 Å². The molecule has 4 rings (SSSR count). The number of nitrogens with zero attached hydrogens (tertiary/aromatic N) is 2. The molecule has 4 aromatic rings. The SMILES string of the molecule is COc1cc(S(=O)(=O)Nc2ccccc2C)ccc1N=Cc1c(O)n(-c2c(C)cc(C)cc2C)c(=O)[nH]c1=O. The van der Waals surface area contributed by atoms with E-state index in [9.17, 15) is 23.1 Å². The molecular weight excluding hydrogens is 520 g/mol. The van der Waals surface area contributed by atoms with Crippen LogP contribution in [0.1, 0.15) is 27.8 Å². The number of para-hydroxylation sites is 1. The van der Waals surface area contributed by atoms with Gasteiger partial charge in [-0.15, -0.1) is 0 Å². The van der Waals surface area contributed by atoms with Gasteiger partial charge in [0.25, 0.3) is 15.6 Å². The zero-order chi connectivity index (χ0) is 28.5. The molecule has 1 heterocycles. The Labute approximate surface area is 225 Å². The van der Waals surface area contributed by atoms with E-state index in [1.54, 1.807) is 45.0 Å². The smallest absolute Gasteiger partial charge is 0.335 e. The van der Waals surface area contributed by atoms with Crippen LogP contribution in [0.2, 0.25) is 0 Å². The second kappa shape index (κ2) is 10.6. The Morgan fingerprint density at radius 1 is 0.974 bits per heavy atom. The average Bonchev–Trinajstić information content (AvgIpc) is 2.86. The molecule has 0 saturated heterocycles. The number of aromatic hydroxyl groups is 1. The number of aromatic amines is 1. The van der Waals surface area contributed by atoms with E-state index in [-0.39, 0.29) is 21.9 Å². The summed E-state index contributed by atoms with van der Waals surface area (Å²) in [6, 6.07) is 14.8. The number of hydrogen-bond acceptors (Lipinski definition) is 7. The summed E-state index contributed by atoms with van der Waals surface area (Å²) in [7, 11) is -2.58. The number of rotatable bonds is 7. The Kier molecular flexibility index (Phi) is 7.46. The van der Waals surface area contributed by atoms with E-state index in [0.717, 1.165) is 33.0 Å². The quantitative estimate of drug-likeness (QED) is 0.298. The molecule has 0 saturated carbocycles. The molecule has 0 radical (unpaired) electrons. The fraction of sp³-hybridized carbons (Fsp3) is 0.179. The highest BCUT2D eigenvalue weighted by Crippen LogP contribution is 2.31. The summed E-state index contributed by atoms with van der Waals surface area (Å²) in [5.41, 5.74) is 2.43. The lowest BCUT2D eigenvalue weighted by Gasteiger charge is -2.15. The average molecular weight is 549 g/mol. The second-order valence-corrected chi connectivity index (χ2v) is 10.8. The first-order valence-corrected chi connectivity index (χ1v) is 13.4. The predicted octanol–water partition coefficient (Wildman–Crippen LogP) is 4.03. The first kappa shape index (κ1) is 27.4. The molecule has 39 heavy (non-hydrogen) atoms. The maximum absolute atomic E-state index is 13.0. The van der Waals surface area contributed by atoms with Crippen molar-refractivity contribution in [1.82, 2.24) is 9.55 Å². The van der Waals surface area contributed by atoms with Crippen molar-refractivity contribution in [2.75, 3.05) is 11.8 Å². The van der Waals surface area contributed by atoms with E-state index in [4.69, 9.17) is 4.74 Å². The van der Waals surface area contributed by atoms with Gasteiger partial charge in [0.2, 0.25) is 5.88 Å². The van der Waals surface area contributed by atoms with Crippen LogP contribution in [-0.2, 0) is 10.0 Å². The molecule has 3 aromatic carbocycles. The summed E-state index contributed by atoms with van der Waals surface area (Å²) in [6.45, 7) is 7.31. The van der Waals surface area contributed by atoms with E-state index in [0.29, 0.717) is 11.4 Å². The first-order valence-electron chi connectivity index (χ1n) is 11.9. The highest BCUT2D eigenvalue weighted by molar-refractivity contribution is 7.92. The van der Waals surface area contributed by atoms with Crippen LogP contribution in [0, 0.1) is 27.7 Å². The van der Waals surface area contributed by atoms with Crippen molar-refractivity contribution in [2.45, 2.75) is 32.6 Å². The summed E-state index contributed by atoms with van der Waals surface area (Å²) in [4.78, 5) is 31.7. The van der Waals surface area contributed by atoms with E-state index in [2.05, 4.69) is 14.7 Å². The highest BCUT2D eigenvalue weighted by Gasteiger charge is 2.20. The normalized spacial score (nSPS) is 11.6. The number of aliphatic imine (C=N–C) groups is 1. The summed E-state index contributed by atoms with van der Waals surface area (Å²) < 4.78 is 34.9. The number of methoxy groups -OCH3 is 1. The molecule has 0 aliphatic heterocycles. The van der Waals surface area contributed by atoms with Crippen LogP contribution in [0.5, 0.6) is 11.6 Å². The molecule has 1 aromatic heterocycles. The van der Waals surface area contributed by atoms with Gasteiger partial charge in [0.1, 0.15) is 17.0 Å². The van der Waals surface area contributed by atoms with E-state index >= 15 is 0 Å². The first-order chi connectivity index (χ1) is 18.4. The number of hydrogen-bond donors (Lipinski definition) is 3. The number of ether oxygens (including phenoxy) is 1. The number of benzene rings is 3. The van der Waals surface area contributed by atoms with Crippen molar-refractivity contribution in [1.29, 1.82) is 0 Å². The predicted molar refractivity (Wildman–Crippen MR) is 151 cm³/mol. The van der Waals surface area contributed by atoms with Gasteiger partial charge in [-0.05, 0) is 62.6 Å². The fourth-order valence-corrected chi connectivity index (χ4v) is 5.49. The zero-order valence-corrected chi connectivity index (χ0v) is 22.9. The minimum atomic E-state index is -3.93. The lowest BCUT2D eigenvalue weighted by Crippen LogP contribution is -2.32. The van der Waals surface area contributed by atoms with E-state index in [1.165, 1.54) is 25.3 Å². The zero-order valence-electron chi connectivity index (χ0n) is 22.1. The van der Waals surface area contributed by atoms with Gasteiger partial charge in [-0.1, -0.05) is 35.9 Å². The molecule has 0 fully saturated rings. The molecule has 0 aliphatic carbocycles. The monoisotopic (exact) mass is 548 g/mol. The number of aromatic nitrogens is 2. The minimum absolute atomic E-state index is 0.0545. The Balaban J connectivity index is 1.74. The number of sulfonamides is 1. The standard InChI is InChI=1S/C28H28N4O6S/c1-16-12-18(3)25(19(4)13-16)32-27(34)21(26(33)30-28(32)35)15-29-23-11-10-20(14-24(23)38-5)39(36,37)31-22-9-7-6-8-17(22)2/h6-15,31,34H,1-5H3,(H,30,33,35). The summed E-state index contributed by atoms with van der Waals surface area (Å²) in [5, 5.41) is 11.0. The Morgan fingerprint density at radius 2 is 1.64 bits per heavy atom. The van der Waals surface area contributed by atoms with Crippen LogP contribution >= 0.6 is 0 Å². The molecule has 202 valence electrons. The van der Waals surface area contributed by atoms with Crippen molar-refractivity contribution >= 4 is 27.6 Å². The molecule has 11 heteroatoms. The van der Waals surface area contributed by atoms with Crippen molar-refractivity contribution in [3.05, 3.63) is 103 Å². The van der Waals surface area contributed by atoms with Gasteiger partial charge in [0.05, 0.1) is 23.4 Å². The van der Waals surface area contributed by atoms with Crippen LogP contribution in [-0.4, -0.2) is 36.4 Å². The van der Waals surface area contributed by atoms with Gasteiger partial charge in [0, 0.05) is 12.3 Å². The van der Waals surface area contributed by atoms with Gasteiger partial charge >= 0.3 is 5.69 Å². The minimum Gasteiger partial charge on any atom is -0.494 e. The topological polar surface area (TPSA) is 143 Å². The molecule has 0 atom stereocenters. The Bertz CT molecular complexity index is 1810. The number of anilines is 1. The molecule has 0 aliphatic rings. The maximum atomic E-state index is 13.0. The van der Waals surface area contributed by atoms with Crippen LogP contribution < -0.4 is 20.7 Å². The highest BCUT2D eigenvalue weighted by atomic mass is 32.2. The summed E-state index contributed by atoms with van der Waals surface area (Å²) >= 11 is 0. The molecule has 3 N–H and O–H groups in total. The van der Waals surface area contributed by atoms with Crippen molar-refractivity contribution in [3.63, 3.8) is 0 Å². The largest absolute Gasteiger partial charge is 0.494 e. The van der Waals surface area contributed by atoms with Gasteiger partial charge in [-0.25, -0.2) is 17.8 Å². The Hall–Kier alpha value is -4.64.